The number of imidazole rings is 1. The third-order valence-electron chi connectivity index (χ3n) is 4.02. The second-order valence-corrected chi connectivity index (χ2v) is 7.18. The molecule has 0 amide bonds. The summed E-state index contributed by atoms with van der Waals surface area (Å²) >= 11 is 8.14. The number of fused-ring (bicyclic) bond motifs is 2. The maximum absolute atomic E-state index is 6.33. The zero-order valence-electron chi connectivity index (χ0n) is 12.1. The van der Waals surface area contributed by atoms with E-state index in [4.69, 9.17) is 16.6 Å². The average Bonchev–Trinajstić information content (AvgIpc) is 3.07. The molecule has 0 atom stereocenters. The molecule has 108 valence electrons. The van der Waals surface area contributed by atoms with Gasteiger partial charge in [0.2, 0.25) is 5.28 Å². The number of aromatic nitrogens is 3. The lowest BCUT2D eigenvalue weighted by molar-refractivity contribution is 0.618. The van der Waals surface area contributed by atoms with Crippen LogP contribution >= 0.6 is 22.9 Å². The van der Waals surface area contributed by atoms with E-state index in [1.54, 1.807) is 0 Å². The third-order valence-corrected chi connectivity index (χ3v) is 5.48. The normalized spacial score (nSPS) is 14.3. The fourth-order valence-corrected chi connectivity index (χ4v) is 4.60. The summed E-state index contributed by atoms with van der Waals surface area (Å²) in [5, 5.41) is 1.63. The van der Waals surface area contributed by atoms with E-state index in [1.807, 2.05) is 11.3 Å². The first-order valence-electron chi connectivity index (χ1n) is 7.30. The fourth-order valence-electron chi connectivity index (χ4n) is 3.06. The van der Waals surface area contributed by atoms with Gasteiger partial charge in [-0.3, -0.25) is 0 Å². The highest BCUT2D eigenvalue weighted by molar-refractivity contribution is 7.15. The van der Waals surface area contributed by atoms with Crippen LogP contribution in [0, 0.1) is 0 Å². The van der Waals surface area contributed by atoms with Crippen LogP contribution < -0.4 is 0 Å². The minimum atomic E-state index is 0.291. The molecule has 0 aliphatic heterocycles. The van der Waals surface area contributed by atoms with Gasteiger partial charge in [0.25, 0.3) is 0 Å². The molecule has 5 heteroatoms. The SMILES string of the molecule is CC(C)n1c(Cl)nc2c(-c3nc4c(s3)CCC4)cccc21. The van der Waals surface area contributed by atoms with E-state index in [2.05, 4.69) is 41.6 Å². The molecule has 0 unspecified atom stereocenters. The zero-order valence-corrected chi connectivity index (χ0v) is 13.6. The number of benzene rings is 1. The second kappa shape index (κ2) is 4.82. The number of thiazole rings is 1. The van der Waals surface area contributed by atoms with Crippen LogP contribution in [0.15, 0.2) is 18.2 Å². The summed E-state index contributed by atoms with van der Waals surface area (Å²) in [4.78, 5) is 10.9. The molecule has 0 spiro atoms. The molecule has 3 nitrogen and oxygen atoms in total. The molecule has 0 saturated carbocycles. The second-order valence-electron chi connectivity index (χ2n) is 5.76. The number of rotatable bonds is 2. The molecular formula is C16H16ClN3S. The number of halogens is 1. The molecule has 0 fully saturated rings. The molecule has 21 heavy (non-hydrogen) atoms. The average molecular weight is 318 g/mol. The van der Waals surface area contributed by atoms with Gasteiger partial charge >= 0.3 is 0 Å². The highest BCUT2D eigenvalue weighted by Gasteiger charge is 2.21. The van der Waals surface area contributed by atoms with Gasteiger partial charge in [0.05, 0.1) is 11.2 Å². The molecule has 0 bridgehead atoms. The number of nitrogens with zero attached hydrogens (tertiary/aromatic N) is 3. The maximum Gasteiger partial charge on any atom is 0.204 e. The van der Waals surface area contributed by atoms with Crippen LogP contribution in [0.3, 0.4) is 0 Å². The Morgan fingerprint density at radius 3 is 2.86 bits per heavy atom. The van der Waals surface area contributed by atoms with Gasteiger partial charge in [-0.1, -0.05) is 6.07 Å². The van der Waals surface area contributed by atoms with Gasteiger partial charge < -0.3 is 4.57 Å². The Bertz CT molecular complexity index is 810. The zero-order chi connectivity index (χ0) is 14.6. The fraction of sp³-hybridized carbons (Fsp3) is 0.375. The van der Waals surface area contributed by atoms with Gasteiger partial charge in [-0.25, -0.2) is 9.97 Å². The minimum Gasteiger partial charge on any atom is -0.312 e. The maximum atomic E-state index is 6.33. The van der Waals surface area contributed by atoms with E-state index < -0.39 is 0 Å². The Kier molecular flexibility index (Phi) is 3.05. The Hall–Kier alpha value is -1.39. The molecular weight excluding hydrogens is 302 g/mol. The van der Waals surface area contributed by atoms with Gasteiger partial charge in [0.15, 0.2) is 0 Å². The number of para-hydroxylation sites is 1. The van der Waals surface area contributed by atoms with Crippen LogP contribution in [0.1, 0.15) is 36.9 Å². The standard InChI is InChI=1S/C16H16ClN3S/c1-9(2)20-12-7-3-5-10(14(12)19-16(20)17)15-18-11-6-4-8-13(11)21-15/h3,5,7,9H,4,6,8H2,1-2H3. The number of hydrogen-bond acceptors (Lipinski definition) is 3. The minimum absolute atomic E-state index is 0.291. The van der Waals surface area contributed by atoms with E-state index >= 15 is 0 Å². The smallest absolute Gasteiger partial charge is 0.204 e. The summed E-state index contributed by atoms with van der Waals surface area (Å²) in [5.74, 6) is 0. The van der Waals surface area contributed by atoms with Crippen molar-refractivity contribution in [3.05, 3.63) is 34.1 Å². The van der Waals surface area contributed by atoms with Crippen molar-refractivity contribution in [2.45, 2.75) is 39.2 Å². The first-order valence-corrected chi connectivity index (χ1v) is 8.50. The largest absolute Gasteiger partial charge is 0.312 e. The van der Waals surface area contributed by atoms with Crippen molar-refractivity contribution >= 4 is 34.0 Å². The van der Waals surface area contributed by atoms with E-state index in [0.717, 1.165) is 28.0 Å². The quantitative estimate of drug-likeness (QED) is 0.674. The van der Waals surface area contributed by atoms with Crippen LogP contribution in [-0.2, 0) is 12.8 Å². The van der Waals surface area contributed by atoms with Crippen molar-refractivity contribution in [3.8, 4) is 10.6 Å². The first kappa shape index (κ1) is 13.3. The highest BCUT2D eigenvalue weighted by Crippen LogP contribution is 2.37. The summed E-state index contributed by atoms with van der Waals surface area (Å²) in [6.07, 6.45) is 3.53. The lowest BCUT2D eigenvalue weighted by Crippen LogP contribution is -2.00. The van der Waals surface area contributed by atoms with Crippen molar-refractivity contribution < 1.29 is 0 Å². The van der Waals surface area contributed by atoms with E-state index in [-0.39, 0.29) is 0 Å². The molecule has 1 aliphatic carbocycles. The highest BCUT2D eigenvalue weighted by atomic mass is 35.5. The third kappa shape index (κ3) is 2.00. The van der Waals surface area contributed by atoms with Crippen LogP contribution in [-0.4, -0.2) is 14.5 Å². The lowest BCUT2D eigenvalue weighted by atomic mass is 10.2. The summed E-state index contributed by atoms with van der Waals surface area (Å²) < 4.78 is 2.07. The lowest BCUT2D eigenvalue weighted by Gasteiger charge is -2.09. The predicted molar refractivity (Wildman–Crippen MR) is 88.3 cm³/mol. The monoisotopic (exact) mass is 317 g/mol. The van der Waals surface area contributed by atoms with E-state index in [9.17, 15) is 0 Å². The molecule has 3 aromatic rings. The van der Waals surface area contributed by atoms with Crippen molar-refractivity contribution in [1.29, 1.82) is 0 Å². The van der Waals surface area contributed by atoms with E-state index in [0.29, 0.717) is 11.3 Å². The van der Waals surface area contributed by atoms with Gasteiger partial charge in [-0.2, -0.15) is 0 Å². The topological polar surface area (TPSA) is 30.7 Å². The molecule has 0 N–H and O–H groups in total. The molecule has 4 rings (SSSR count). The molecule has 2 heterocycles. The van der Waals surface area contributed by atoms with Crippen molar-refractivity contribution in [1.82, 2.24) is 14.5 Å². The Balaban J connectivity index is 1.94. The van der Waals surface area contributed by atoms with Crippen LogP contribution in [0.4, 0.5) is 0 Å². The van der Waals surface area contributed by atoms with Gasteiger partial charge in [0.1, 0.15) is 10.5 Å². The van der Waals surface area contributed by atoms with Crippen LogP contribution in [0.25, 0.3) is 21.6 Å². The number of hydrogen-bond donors (Lipinski definition) is 0. The molecule has 1 aromatic carbocycles. The van der Waals surface area contributed by atoms with Crippen LogP contribution in [0.2, 0.25) is 5.28 Å². The first-order chi connectivity index (χ1) is 10.1. The van der Waals surface area contributed by atoms with Crippen molar-refractivity contribution in [2.75, 3.05) is 0 Å². The van der Waals surface area contributed by atoms with Crippen molar-refractivity contribution in [3.63, 3.8) is 0 Å². The van der Waals surface area contributed by atoms with Gasteiger partial charge in [-0.15, -0.1) is 11.3 Å². The summed E-state index contributed by atoms with van der Waals surface area (Å²) in [6.45, 7) is 4.25. The summed E-state index contributed by atoms with van der Waals surface area (Å²) in [5.41, 5.74) is 4.43. The Morgan fingerprint density at radius 2 is 2.10 bits per heavy atom. The predicted octanol–water partition coefficient (Wildman–Crippen LogP) is 4.88. The van der Waals surface area contributed by atoms with Crippen molar-refractivity contribution in [2.24, 2.45) is 0 Å². The summed E-state index contributed by atoms with van der Waals surface area (Å²) in [6, 6.07) is 6.55. The summed E-state index contributed by atoms with van der Waals surface area (Å²) in [7, 11) is 0. The number of aryl methyl sites for hydroxylation is 2. The van der Waals surface area contributed by atoms with E-state index in [1.165, 1.54) is 23.4 Å². The Morgan fingerprint density at radius 1 is 1.24 bits per heavy atom. The van der Waals surface area contributed by atoms with Crippen LogP contribution in [0.5, 0.6) is 0 Å². The molecule has 0 radical (unpaired) electrons. The van der Waals surface area contributed by atoms with Gasteiger partial charge in [-0.05, 0) is 56.8 Å². The van der Waals surface area contributed by atoms with Gasteiger partial charge in [0, 0.05) is 16.5 Å². The molecule has 1 aliphatic rings. The molecule has 0 saturated heterocycles. The molecule has 2 aromatic heterocycles. The Labute approximate surface area is 132 Å².